The van der Waals surface area contributed by atoms with Crippen LogP contribution in [0.4, 0.5) is 0 Å². The topological polar surface area (TPSA) is 50.2 Å². The van der Waals surface area contributed by atoms with E-state index in [1.807, 2.05) is 6.92 Å². The maximum atomic E-state index is 10.3. The van der Waals surface area contributed by atoms with Crippen LogP contribution >= 0.6 is 11.6 Å². The van der Waals surface area contributed by atoms with Crippen LogP contribution in [0.5, 0.6) is 0 Å². The minimum Gasteiger partial charge on any atom is -0.481 e. The van der Waals surface area contributed by atoms with E-state index < -0.39 is 5.97 Å². The number of carboxylic acid groups (broad SMARTS) is 1. The van der Waals surface area contributed by atoms with Crippen LogP contribution in [0, 0.1) is 0 Å². The maximum absolute atomic E-state index is 10.3. The Labute approximate surface area is 81.4 Å². The van der Waals surface area contributed by atoms with Gasteiger partial charge in [0.1, 0.15) is 0 Å². The fraction of sp³-hybridized carbons (Fsp3) is 0.333. The molecule has 1 N–H and O–H groups in total. The number of pyridine rings is 1. The van der Waals surface area contributed by atoms with Gasteiger partial charge in [-0.1, -0.05) is 6.07 Å². The van der Waals surface area contributed by atoms with Crippen LogP contribution in [0.2, 0.25) is 0 Å². The van der Waals surface area contributed by atoms with Crippen LogP contribution in [0.15, 0.2) is 18.3 Å². The maximum Gasteiger partial charge on any atom is 0.309 e. The fourth-order valence-electron chi connectivity index (χ4n) is 0.931. The van der Waals surface area contributed by atoms with Gasteiger partial charge in [-0.05, 0) is 18.6 Å². The van der Waals surface area contributed by atoms with Crippen molar-refractivity contribution in [2.24, 2.45) is 0 Å². The van der Waals surface area contributed by atoms with E-state index in [1.54, 1.807) is 18.3 Å². The molecule has 0 aliphatic rings. The first-order valence-corrected chi connectivity index (χ1v) is 4.34. The summed E-state index contributed by atoms with van der Waals surface area (Å²) in [6.07, 6.45) is 1.56. The number of aromatic nitrogens is 1. The molecule has 0 amide bonds. The lowest BCUT2D eigenvalue weighted by Crippen LogP contribution is -2.02. The second-order valence-corrected chi connectivity index (χ2v) is 3.42. The average molecular weight is 200 g/mol. The molecule has 0 radical (unpaired) electrons. The highest BCUT2D eigenvalue weighted by Gasteiger charge is 2.04. The van der Waals surface area contributed by atoms with Crippen molar-refractivity contribution >= 4 is 17.6 Å². The van der Waals surface area contributed by atoms with Crippen molar-refractivity contribution in [3.05, 3.63) is 29.6 Å². The molecule has 1 aromatic rings. The molecule has 1 aromatic heterocycles. The predicted molar refractivity (Wildman–Crippen MR) is 49.8 cm³/mol. The summed E-state index contributed by atoms with van der Waals surface area (Å²) in [5.74, 6) is -0.876. The molecule has 0 aliphatic heterocycles. The van der Waals surface area contributed by atoms with Gasteiger partial charge in [-0.3, -0.25) is 9.78 Å². The third-order valence-corrected chi connectivity index (χ3v) is 1.89. The summed E-state index contributed by atoms with van der Waals surface area (Å²) in [6.45, 7) is 1.84. The van der Waals surface area contributed by atoms with Crippen LogP contribution < -0.4 is 0 Å². The van der Waals surface area contributed by atoms with E-state index in [9.17, 15) is 4.79 Å². The second kappa shape index (κ2) is 4.23. The van der Waals surface area contributed by atoms with Gasteiger partial charge < -0.3 is 5.11 Å². The molecule has 1 unspecified atom stereocenters. The fourth-order valence-corrected chi connectivity index (χ4v) is 1.06. The van der Waals surface area contributed by atoms with Gasteiger partial charge in [0.15, 0.2) is 0 Å². The minimum absolute atomic E-state index is 0.0447. The molecule has 0 bridgehead atoms. The standard InChI is InChI=1S/C9H10ClNO2/c1-6(10)7-2-3-8(11-5-7)4-9(12)13/h2-3,5-6H,4H2,1H3,(H,12,13). The van der Waals surface area contributed by atoms with Crippen molar-refractivity contribution in [1.29, 1.82) is 0 Å². The molecule has 0 aliphatic carbocycles. The second-order valence-electron chi connectivity index (χ2n) is 2.77. The molecular weight excluding hydrogens is 190 g/mol. The predicted octanol–water partition coefficient (Wildman–Crippen LogP) is 2.01. The number of halogens is 1. The van der Waals surface area contributed by atoms with Gasteiger partial charge in [-0.25, -0.2) is 0 Å². The van der Waals surface area contributed by atoms with E-state index in [-0.39, 0.29) is 11.8 Å². The number of aliphatic carboxylic acids is 1. The molecule has 1 heterocycles. The largest absolute Gasteiger partial charge is 0.481 e. The number of hydrogen-bond acceptors (Lipinski definition) is 2. The molecule has 0 spiro atoms. The lowest BCUT2D eigenvalue weighted by Gasteiger charge is -2.02. The van der Waals surface area contributed by atoms with Gasteiger partial charge in [-0.2, -0.15) is 0 Å². The van der Waals surface area contributed by atoms with Crippen LogP contribution in [0.1, 0.15) is 23.6 Å². The molecule has 3 nitrogen and oxygen atoms in total. The highest BCUT2D eigenvalue weighted by atomic mass is 35.5. The Morgan fingerprint density at radius 1 is 1.69 bits per heavy atom. The Bertz CT molecular complexity index is 295. The molecular formula is C9H10ClNO2. The highest BCUT2D eigenvalue weighted by molar-refractivity contribution is 6.20. The molecule has 0 saturated heterocycles. The molecule has 1 rings (SSSR count). The van der Waals surface area contributed by atoms with Crippen LogP contribution in [0.25, 0.3) is 0 Å². The Morgan fingerprint density at radius 2 is 2.38 bits per heavy atom. The van der Waals surface area contributed by atoms with Gasteiger partial charge in [0.25, 0.3) is 0 Å². The summed E-state index contributed by atoms with van der Waals surface area (Å²) >= 11 is 5.80. The zero-order valence-electron chi connectivity index (χ0n) is 7.20. The molecule has 70 valence electrons. The number of alkyl halides is 1. The number of rotatable bonds is 3. The van der Waals surface area contributed by atoms with E-state index in [2.05, 4.69) is 4.98 Å². The number of hydrogen-bond donors (Lipinski definition) is 1. The molecule has 0 fully saturated rings. The van der Waals surface area contributed by atoms with Crippen molar-refractivity contribution in [1.82, 2.24) is 4.98 Å². The smallest absolute Gasteiger partial charge is 0.309 e. The monoisotopic (exact) mass is 199 g/mol. The first-order valence-electron chi connectivity index (χ1n) is 3.90. The van der Waals surface area contributed by atoms with Crippen LogP contribution in [0.3, 0.4) is 0 Å². The van der Waals surface area contributed by atoms with Crippen molar-refractivity contribution in [3.63, 3.8) is 0 Å². The van der Waals surface area contributed by atoms with Crippen molar-refractivity contribution in [2.45, 2.75) is 18.7 Å². The lowest BCUT2D eigenvalue weighted by molar-refractivity contribution is -0.136. The van der Waals surface area contributed by atoms with Gasteiger partial charge in [0, 0.05) is 6.20 Å². The van der Waals surface area contributed by atoms with Gasteiger partial charge in [-0.15, -0.1) is 11.6 Å². The lowest BCUT2D eigenvalue weighted by atomic mass is 10.2. The van der Waals surface area contributed by atoms with E-state index in [0.29, 0.717) is 5.69 Å². The molecule has 1 atom stereocenters. The average Bonchev–Trinajstić information content (AvgIpc) is 2.04. The summed E-state index contributed by atoms with van der Waals surface area (Å²) in [4.78, 5) is 14.3. The summed E-state index contributed by atoms with van der Waals surface area (Å²) in [5.41, 5.74) is 1.45. The van der Waals surface area contributed by atoms with Gasteiger partial charge in [0.05, 0.1) is 17.5 Å². The first kappa shape index (κ1) is 9.99. The Morgan fingerprint density at radius 3 is 2.77 bits per heavy atom. The Hall–Kier alpha value is -1.09. The Balaban J connectivity index is 2.75. The Kier molecular flexibility index (Phi) is 3.25. The quantitative estimate of drug-likeness (QED) is 0.758. The van der Waals surface area contributed by atoms with Gasteiger partial charge in [0.2, 0.25) is 0 Å². The normalized spacial score (nSPS) is 12.5. The molecule has 13 heavy (non-hydrogen) atoms. The summed E-state index contributed by atoms with van der Waals surface area (Å²) in [5, 5.41) is 8.39. The van der Waals surface area contributed by atoms with E-state index in [1.165, 1.54) is 0 Å². The third kappa shape index (κ3) is 3.03. The zero-order valence-corrected chi connectivity index (χ0v) is 7.95. The van der Waals surface area contributed by atoms with Crippen LogP contribution in [-0.2, 0) is 11.2 Å². The molecule has 0 aromatic carbocycles. The summed E-state index contributed by atoms with van der Waals surface area (Å²) < 4.78 is 0. The highest BCUT2D eigenvalue weighted by Crippen LogP contribution is 2.17. The molecule has 0 saturated carbocycles. The van der Waals surface area contributed by atoms with Crippen LogP contribution in [-0.4, -0.2) is 16.1 Å². The van der Waals surface area contributed by atoms with Crippen molar-refractivity contribution in [2.75, 3.05) is 0 Å². The number of carboxylic acids is 1. The zero-order chi connectivity index (χ0) is 9.84. The molecule has 4 heteroatoms. The van der Waals surface area contributed by atoms with E-state index >= 15 is 0 Å². The minimum atomic E-state index is -0.876. The number of carbonyl (C=O) groups is 1. The van der Waals surface area contributed by atoms with Crippen molar-refractivity contribution in [3.8, 4) is 0 Å². The first-order chi connectivity index (χ1) is 6.09. The van der Waals surface area contributed by atoms with Gasteiger partial charge >= 0.3 is 5.97 Å². The van der Waals surface area contributed by atoms with E-state index in [4.69, 9.17) is 16.7 Å². The number of nitrogens with zero attached hydrogens (tertiary/aromatic N) is 1. The third-order valence-electron chi connectivity index (χ3n) is 1.64. The van der Waals surface area contributed by atoms with Crippen molar-refractivity contribution < 1.29 is 9.90 Å². The SMILES string of the molecule is CC(Cl)c1ccc(CC(=O)O)nc1. The summed E-state index contributed by atoms with van der Waals surface area (Å²) in [7, 11) is 0. The van der Waals surface area contributed by atoms with E-state index in [0.717, 1.165) is 5.56 Å². The summed E-state index contributed by atoms with van der Waals surface area (Å²) in [6, 6.07) is 3.48.